The molecule has 0 aliphatic heterocycles. The number of nitriles is 1. The molecule has 1 N–H and O–H groups in total. The topological polar surface area (TPSA) is 101 Å². The van der Waals surface area contributed by atoms with Gasteiger partial charge in [0.05, 0.1) is 21.1 Å². The van der Waals surface area contributed by atoms with Crippen LogP contribution in [0.3, 0.4) is 0 Å². The average Bonchev–Trinajstić information content (AvgIpc) is 2.90. The summed E-state index contributed by atoms with van der Waals surface area (Å²) in [6.45, 7) is 5.80. The summed E-state index contributed by atoms with van der Waals surface area (Å²) in [6.07, 6.45) is 1.65. The molecule has 2 aromatic rings. The molecule has 1 aromatic carbocycles. The van der Waals surface area contributed by atoms with Crippen molar-refractivity contribution >= 4 is 29.0 Å². The maximum absolute atomic E-state index is 12.4. The Labute approximate surface area is 143 Å². The summed E-state index contributed by atoms with van der Waals surface area (Å²) in [7, 11) is 0. The standard InChI is InChI=1S/C16H15ClN4O3/c1-16(2,3)20-9-10(8-18)6-14(20)19-15(22)12-5-4-11(21(23)24)7-13(12)17/h4-7,9H,1-3H3,(H,19,22). The van der Waals surface area contributed by atoms with E-state index in [9.17, 15) is 14.9 Å². The van der Waals surface area contributed by atoms with E-state index in [1.54, 1.807) is 16.8 Å². The zero-order chi connectivity index (χ0) is 18.1. The Morgan fingerprint density at radius 3 is 2.54 bits per heavy atom. The fraction of sp³-hybridized carbons (Fsp3) is 0.250. The Balaban J connectivity index is 2.36. The fourth-order valence-corrected chi connectivity index (χ4v) is 2.42. The summed E-state index contributed by atoms with van der Waals surface area (Å²) in [5, 5.41) is 22.5. The van der Waals surface area contributed by atoms with Crippen molar-refractivity contribution in [1.82, 2.24) is 4.57 Å². The highest BCUT2D eigenvalue weighted by Gasteiger charge is 2.21. The highest BCUT2D eigenvalue weighted by atomic mass is 35.5. The van der Waals surface area contributed by atoms with Gasteiger partial charge < -0.3 is 9.88 Å². The highest BCUT2D eigenvalue weighted by molar-refractivity contribution is 6.34. The predicted molar refractivity (Wildman–Crippen MR) is 90.2 cm³/mol. The number of aromatic nitrogens is 1. The smallest absolute Gasteiger partial charge is 0.270 e. The van der Waals surface area contributed by atoms with E-state index >= 15 is 0 Å². The molecule has 1 heterocycles. The molecule has 0 aliphatic rings. The lowest BCUT2D eigenvalue weighted by atomic mass is 10.1. The molecule has 0 spiro atoms. The van der Waals surface area contributed by atoms with Gasteiger partial charge in [-0.3, -0.25) is 14.9 Å². The molecule has 0 fully saturated rings. The van der Waals surface area contributed by atoms with Crippen LogP contribution >= 0.6 is 11.6 Å². The number of carbonyl (C=O) groups is 1. The molecule has 8 heteroatoms. The van der Waals surface area contributed by atoms with Crippen molar-refractivity contribution in [2.24, 2.45) is 0 Å². The summed E-state index contributed by atoms with van der Waals surface area (Å²) in [6, 6.07) is 7.22. The lowest BCUT2D eigenvalue weighted by Gasteiger charge is -2.24. The highest BCUT2D eigenvalue weighted by Crippen LogP contribution is 2.26. The Kier molecular flexibility index (Phi) is 4.62. The molecular formula is C16H15ClN4O3. The number of hydrogen-bond acceptors (Lipinski definition) is 4. The number of carbonyl (C=O) groups excluding carboxylic acids is 1. The minimum Gasteiger partial charge on any atom is -0.328 e. The molecule has 1 aromatic heterocycles. The maximum atomic E-state index is 12.4. The molecule has 24 heavy (non-hydrogen) atoms. The van der Waals surface area contributed by atoms with Gasteiger partial charge in [-0.1, -0.05) is 11.6 Å². The van der Waals surface area contributed by atoms with Crippen molar-refractivity contribution in [3.05, 3.63) is 56.7 Å². The molecular weight excluding hydrogens is 332 g/mol. The van der Waals surface area contributed by atoms with Crippen LogP contribution in [0.15, 0.2) is 30.5 Å². The summed E-state index contributed by atoms with van der Waals surface area (Å²) < 4.78 is 1.77. The zero-order valence-corrected chi connectivity index (χ0v) is 14.1. The van der Waals surface area contributed by atoms with E-state index in [0.717, 1.165) is 6.07 Å². The molecule has 0 unspecified atom stereocenters. The molecule has 0 saturated carbocycles. The first-order valence-corrected chi connectivity index (χ1v) is 7.39. The van der Waals surface area contributed by atoms with Crippen LogP contribution in [0.25, 0.3) is 0 Å². The van der Waals surface area contributed by atoms with Gasteiger partial charge in [-0.25, -0.2) is 0 Å². The van der Waals surface area contributed by atoms with E-state index in [4.69, 9.17) is 16.9 Å². The number of nitro groups is 1. The number of nitro benzene ring substituents is 1. The maximum Gasteiger partial charge on any atom is 0.270 e. The van der Waals surface area contributed by atoms with Crippen molar-refractivity contribution < 1.29 is 9.72 Å². The molecule has 1 amide bonds. The number of nitrogens with zero attached hydrogens (tertiary/aromatic N) is 3. The number of rotatable bonds is 3. The van der Waals surface area contributed by atoms with E-state index in [2.05, 4.69) is 5.32 Å². The third-order valence-corrected chi connectivity index (χ3v) is 3.63. The SMILES string of the molecule is CC(C)(C)n1cc(C#N)cc1NC(=O)c1ccc([N+](=O)[O-])cc1Cl. The van der Waals surface area contributed by atoms with Crippen molar-refractivity contribution in [3.63, 3.8) is 0 Å². The molecule has 0 bridgehead atoms. The molecule has 124 valence electrons. The number of hydrogen-bond donors (Lipinski definition) is 1. The monoisotopic (exact) mass is 346 g/mol. The van der Waals surface area contributed by atoms with E-state index in [1.807, 2.05) is 26.8 Å². The Bertz CT molecular complexity index is 859. The number of anilines is 1. The number of halogens is 1. The first-order chi connectivity index (χ1) is 11.1. The zero-order valence-electron chi connectivity index (χ0n) is 13.3. The molecule has 0 radical (unpaired) electrons. The Morgan fingerprint density at radius 1 is 1.38 bits per heavy atom. The van der Waals surface area contributed by atoms with Crippen LogP contribution < -0.4 is 5.32 Å². The molecule has 0 saturated heterocycles. The van der Waals surface area contributed by atoms with Crippen LogP contribution in [0.5, 0.6) is 0 Å². The minimum atomic E-state index is -0.586. The van der Waals surface area contributed by atoms with Gasteiger partial charge in [0.25, 0.3) is 11.6 Å². The van der Waals surface area contributed by atoms with E-state index in [0.29, 0.717) is 11.4 Å². The van der Waals surface area contributed by atoms with Crippen LogP contribution in [-0.4, -0.2) is 15.4 Å². The molecule has 0 atom stereocenters. The first kappa shape index (κ1) is 17.5. The number of benzene rings is 1. The largest absolute Gasteiger partial charge is 0.328 e. The second kappa shape index (κ2) is 6.34. The first-order valence-electron chi connectivity index (χ1n) is 7.01. The van der Waals surface area contributed by atoms with Crippen LogP contribution in [-0.2, 0) is 5.54 Å². The second-order valence-corrected chi connectivity index (χ2v) is 6.55. The normalized spacial score (nSPS) is 11.0. The van der Waals surface area contributed by atoms with Gasteiger partial charge in [0.15, 0.2) is 0 Å². The van der Waals surface area contributed by atoms with E-state index < -0.39 is 10.8 Å². The van der Waals surface area contributed by atoms with E-state index in [1.165, 1.54) is 12.1 Å². The molecule has 0 aliphatic carbocycles. The predicted octanol–water partition coefficient (Wildman–Crippen LogP) is 3.93. The third kappa shape index (κ3) is 3.55. The van der Waals surface area contributed by atoms with Crippen LogP contribution in [0.4, 0.5) is 11.5 Å². The molecule has 2 rings (SSSR count). The van der Waals surface area contributed by atoms with Gasteiger partial charge in [-0.05, 0) is 32.9 Å². The summed E-state index contributed by atoms with van der Waals surface area (Å²) in [4.78, 5) is 22.6. The lowest BCUT2D eigenvalue weighted by Crippen LogP contribution is -2.25. The van der Waals surface area contributed by atoms with Gasteiger partial charge in [0.2, 0.25) is 0 Å². The number of amides is 1. The summed E-state index contributed by atoms with van der Waals surface area (Å²) in [5.41, 5.74) is -0.0180. The quantitative estimate of drug-likeness (QED) is 0.672. The third-order valence-electron chi connectivity index (χ3n) is 3.32. The van der Waals surface area contributed by atoms with Gasteiger partial charge in [0, 0.05) is 23.9 Å². The second-order valence-electron chi connectivity index (χ2n) is 6.14. The van der Waals surface area contributed by atoms with E-state index in [-0.39, 0.29) is 21.8 Å². The number of nitrogens with one attached hydrogen (secondary N) is 1. The van der Waals surface area contributed by atoms with Crippen molar-refractivity contribution in [3.8, 4) is 6.07 Å². The number of non-ortho nitro benzene ring substituents is 1. The summed E-state index contributed by atoms with van der Waals surface area (Å²) in [5.74, 6) is -0.0681. The average molecular weight is 347 g/mol. The Hall–Kier alpha value is -2.85. The van der Waals surface area contributed by atoms with Crippen molar-refractivity contribution in [1.29, 1.82) is 5.26 Å². The fourth-order valence-electron chi connectivity index (χ4n) is 2.16. The van der Waals surface area contributed by atoms with Crippen molar-refractivity contribution in [2.45, 2.75) is 26.3 Å². The van der Waals surface area contributed by atoms with Gasteiger partial charge >= 0.3 is 0 Å². The summed E-state index contributed by atoms with van der Waals surface area (Å²) >= 11 is 5.97. The minimum absolute atomic E-state index is 0.0175. The molecule has 7 nitrogen and oxygen atoms in total. The van der Waals surface area contributed by atoms with Crippen molar-refractivity contribution in [2.75, 3.05) is 5.32 Å². The Morgan fingerprint density at radius 2 is 2.04 bits per heavy atom. The van der Waals surface area contributed by atoms with Gasteiger partial charge in [0.1, 0.15) is 11.9 Å². The van der Waals surface area contributed by atoms with Crippen LogP contribution in [0, 0.1) is 21.4 Å². The van der Waals surface area contributed by atoms with Crippen LogP contribution in [0.1, 0.15) is 36.7 Å². The lowest BCUT2D eigenvalue weighted by molar-refractivity contribution is -0.384. The van der Waals surface area contributed by atoms with Crippen LogP contribution in [0.2, 0.25) is 5.02 Å². The van der Waals surface area contributed by atoms with Gasteiger partial charge in [-0.2, -0.15) is 5.26 Å². The van der Waals surface area contributed by atoms with Gasteiger partial charge in [-0.15, -0.1) is 0 Å².